The predicted octanol–water partition coefficient (Wildman–Crippen LogP) is 5.75. The van der Waals surface area contributed by atoms with Gasteiger partial charge in [0.15, 0.2) is 0 Å². The molecule has 26 heavy (non-hydrogen) atoms. The molecule has 5 atom stereocenters. The maximum atomic E-state index is 6.65. The third kappa shape index (κ3) is 1.69. The number of methoxy groups -OCH3 is 1. The van der Waals surface area contributed by atoms with E-state index in [0.717, 1.165) is 18.6 Å². The van der Waals surface area contributed by atoms with Gasteiger partial charge in [0, 0.05) is 12.7 Å². The van der Waals surface area contributed by atoms with E-state index < -0.39 is 0 Å². The second-order valence-corrected chi connectivity index (χ2v) is 8.76. The van der Waals surface area contributed by atoms with Crippen LogP contribution >= 0.6 is 0 Å². The van der Waals surface area contributed by atoms with Crippen LogP contribution in [-0.2, 0) is 16.6 Å². The highest BCUT2D eigenvalue weighted by atomic mass is 16.5. The van der Waals surface area contributed by atoms with Crippen LogP contribution < -0.4 is 4.74 Å². The number of hydrogen-bond acceptors (Lipinski definition) is 2. The summed E-state index contributed by atoms with van der Waals surface area (Å²) in [6.45, 7) is 15.4. The minimum atomic E-state index is -0.112. The Morgan fingerprint density at radius 2 is 2.04 bits per heavy atom. The Hall–Kier alpha value is -1.28. The first kappa shape index (κ1) is 18.1. The first-order valence-corrected chi connectivity index (χ1v) is 10.5. The van der Waals surface area contributed by atoms with Gasteiger partial charge in [0.05, 0.1) is 11.0 Å². The van der Waals surface area contributed by atoms with Crippen molar-refractivity contribution in [2.75, 3.05) is 7.11 Å². The summed E-state index contributed by atoms with van der Waals surface area (Å²) in [7, 11) is 1.94. The van der Waals surface area contributed by atoms with Crippen molar-refractivity contribution < 1.29 is 9.47 Å². The van der Waals surface area contributed by atoms with Crippen molar-refractivity contribution in [3.05, 3.63) is 41.0 Å². The SMILES string of the molecule is C=C1CC[C@@]2(OC)[C@H](C)C3(CC)Cc4ccc(C)c5c4[C@@]2(C3)[C@H]1O5.CC. The maximum Gasteiger partial charge on any atom is 0.132 e. The molecule has 2 bridgehead atoms. The third-order valence-corrected chi connectivity index (χ3v) is 8.37. The monoisotopic (exact) mass is 354 g/mol. The van der Waals surface area contributed by atoms with Crippen LogP contribution in [0.5, 0.6) is 5.75 Å². The predicted molar refractivity (Wildman–Crippen MR) is 107 cm³/mol. The average molecular weight is 355 g/mol. The molecule has 1 aromatic rings. The Kier molecular flexibility index (Phi) is 3.91. The van der Waals surface area contributed by atoms with Crippen molar-refractivity contribution in [2.45, 2.75) is 83.8 Å². The molecule has 1 unspecified atom stereocenters. The van der Waals surface area contributed by atoms with Crippen molar-refractivity contribution >= 4 is 0 Å². The van der Waals surface area contributed by atoms with E-state index in [0.29, 0.717) is 11.3 Å². The Morgan fingerprint density at radius 1 is 1.31 bits per heavy atom. The fourth-order valence-electron chi connectivity index (χ4n) is 7.18. The Labute approximate surface area is 159 Å². The number of hydrogen-bond donors (Lipinski definition) is 0. The summed E-state index contributed by atoms with van der Waals surface area (Å²) < 4.78 is 13.1. The van der Waals surface area contributed by atoms with Gasteiger partial charge >= 0.3 is 0 Å². The summed E-state index contributed by atoms with van der Waals surface area (Å²) in [4.78, 5) is 0. The Balaban J connectivity index is 0.000000814. The summed E-state index contributed by atoms with van der Waals surface area (Å²) in [5, 5.41) is 0. The van der Waals surface area contributed by atoms with Crippen LogP contribution in [0, 0.1) is 18.3 Å². The molecule has 1 aliphatic heterocycles. The van der Waals surface area contributed by atoms with Gasteiger partial charge in [0.1, 0.15) is 11.9 Å². The molecule has 0 radical (unpaired) electrons. The third-order valence-electron chi connectivity index (χ3n) is 8.37. The van der Waals surface area contributed by atoms with E-state index in [1.165, 1.54) is 41.5 Å². The van der Waals surface area contributed by atoms with E-state index in [2.05, 4.69) is 39.5 Å². The highest BCUT2D eigenvalue weighted by Crippen LogP contribution is 2.75. The molecule has 5 rings (SSSR count). The van der Waals surface area contributed by atoms with E-state index >= 15 is 0 Å². The second-order valence-electron chi connectivity index (χ2n) is 8.76. The van der Waals surface area contributed by atoms with Gasteiger partial charge in [-0.15, -0.1) is 0 Å². The molecule has 2 heteroatoms. The maximum absolute atomic E-state index is 6.65. The van der Waals surface area contributed by atoms with E-state index in [-0.39, 0.29) is 17.1 Å². The van der Waals surface area contributed by atoms with E-state index in [1.54, 1.807) is 0 Å². The standard InChI is InChI=1S/C22H28O2.C2H6/c1-6-20-11-16-8-7-13(2)18-17(16)21(12-20)19(24-18)14(3)9-10-22(21,23-5)15(20)4;1-2/h7-8,15,19H,3,6,9-12H2,1-2,4-5H3;1-2H3/t15-,19+,20?,21+,22-;/m1./s1. The van der Waals surface area contributed by atoms with E-state index in [4.69, 9.17) is 9.47 Å². The van der Waals surface area contributed by atoms with Gasteiger partial charge < -0.3 is 9.47 Å². The smallest absolute Gasteiger partial charge is 0.132 e. The Bertz CT molecular complexity index is 766. The van der Waals surface area contributed by atoms with Crippen molar-refractivity contribution in [3.8, 4) is 5.75 Å². The van der Waals surface area contributed by atoms with Gasteiger partial charge in [-0.1, -0.05) is 46.4 Å². The van der Waals surface area contributed by atoms with Crippen molar-refractivity contribution in [3.63, 3.8) is 0 Å². The van der Waals surface area contributed by atoms with Crippen LogP contribution in [0.3, 0.4) is 0 Å². The molecule has 2 fully saturated rings. The highest BCUT2D eigenvalue weighted by molar-refractivity contribution is 5.62. The molecule has 0 N–H and O–H groups in total. The fourth-order valence-corrected chi connectivity index (χ4v) is 7.18. The van der Waals surface area contributed by atoms with Crippen LogP contribution in [0.2, 0.25) is 0 Å². The molecular weight excluding hydrogens is 320 g/mol. The molecular formula is C24H34O2. The van der Waals surface area contributed by atoms with E-state index in [9.17, 15) is 0 Å². The molecule has 1 spiro atoms. The first-order valence-electron chi connectivity index (χ1n) is 10.5. The van der Waals surface area contributed by atoms with Gasteiger partial charge in [-0.05, 0) is 67.1 Å². The van der Waals surface area contributed by atoms with Crippen molar-refractivity contribution in [1.82, 2.24) is 0 Å². The minimum Gasteiger partial charge on any atom is -0.484 e. The van der Waals surface area contributed by atoms with Crippen LogP contribution in [0.25, 0.3) is 0 Å². The zero-order valence-electron chi connectivity index (χ0n) is 17.4. The van der Waals surface area contributed by atoms with Crippen molar-refractivity contribution in [2.24, 2.45) is 11.3 Å². The summed E-state index contributed by atoms with van der Waals surface area (Å²) in [6.07, 6.45) is 5.77. The zero-order valence-corrected chi connectivity index (χ0v) is 17.4. The number of rotatable bonds is 2. The molecule has 0 amide bonds. The van der Waals surface area contributed by atoms with Gasteiger partial charge in [0.25, 0.3) is 0 Å². The Morgan fingerprint density at radius 3 is 2.69 bits per heavy atom. The van der Waals surface area contributed by atoms with Crippen LogP contribution in [0.1, 0.15) is 70.1 Å². The quantitative estimate of drug-likeness (QED) is 0.630. The van der Waals surface area contributed by atoms with Gasteiger partial charge in [-0.3, -0.25) is 0 Å². The lowest BCUT2D eigenvalue weighted by molar-refractivity contribution is -0.123. The number of ether oxygens (including phenoxy) is 2. The first-order chi connectivity index (χ1) is 12.5. The summed E-state index contributed by atoms with van der Waals surface area (Å²) in [5.74, 6) is 1.68. The molecule has 1 aromatic carbocycles. The van der Waals surface area contributed by atoms with Crippen molar-refractivity contribution in [1.29, 1.82) is 0 Å². The minimum absolute atomic E-state index is 0.0263. The normalized spacial score (nSPS) is 41.2. The van der Waals surface area contributed by atoms with Gasteiger partial charge in [-0.2, -0.15) is 0 Å². The molecule has 0 aromatic heterocycles. The lowest BCUT2D eigenvalue weighted by Gasteiger charge is -2.51. The largest absolute Gasteiger partial charge is 0.484 e. The van der Waals surface area contributed by atoms with Crippen LogP contribution in [0.4, 0.5) is 0 Å². The molecule has 4 aliphatic rings. The van der Waals surface area contributed by atoms with E-state index in [1.807, 2.05) is 21.0 Å². The van der Waals surface area contributed by atoms with Gasteiger partial charge in [0.2, 0.25) is 0 Å². The lowest BCUT2D eigenvalue weighted by Crippen LogP contribution is -2.60. The molecule has 3 aliphatic carbocycles. The molecule has 2 saturated carbocycles. The lowest BCUT2D eigenvalue weighted by atomic mass is 9.56. The van der Waals surface area contributed by atoms with Gasteiger partial charge in [-0.25, -0.2) is 0 Å². The summed E-state index contributed by atoms with van der Waals surface area (Å²) >= 11 is 0. The second kappa shape index (κ2) is 5.61. The average Bonchev–Trinajstić information content (AvgIpc) is 3.12. The number of aryl methyl sites for hydroxylation is 1. The topological polar surface area (TPSA) is 18.5 Å². The molecule has 0 saturated heterocycles. The summed E-state index contributed by atoms with van der Waals surface area (Å²) in [6, 6.07) is 4.61. The highest BCUT2D eigenvalue weighted by Gasteiger charge is 2.77. The molecule has 1 heterocycles. The molecule has 2 nitrogen and oxygen atoms in total. The fraction of sp³-hybridized carbons (Fsp3) is 0.667. The van der Waals surface area contributed by atoms with Crippen LogP contribution in [-0.4, -0.2) is 18.8 Å². The van der Waals surface area contributed by atoms with Crippen LogP contribution in [0.15, 0.2) is 24.3 Å². The number of fused-ring (bicyclic) bond motifs is 1. The zero-order chi connectivity index (χ0) is 18.9. The molecule has 142 valence electrons. The number of benzene rings is 1. The summed E-state index contributed by atoms with van der Waals surface area (Å²) in [5.41, 5.74) is 5.70.